The van der Waals surface area contributed by atoms with Gasteiger partial charge in [-0.25, -0.2) is 0 Å². The molecule has 0 spiro atoms. The van der Waals surface area contributed by atoms with Crippen LogP contribution in [0.3, 0.4) is 0 Å². The molecule has 1 unspecified atom stereocenters. The zero-order valence-corrected chi connectivity index (χ0v) is 13.7. The van der Waals surface area contributed by atoms with E-state index >= 15 is 0 Å². The zero-order valence-electron chi connectivity index (χ0n) is 11.3. The van der Waals surface area contributed by atoms with Gasteiger partial charge in [-0.1, -0.05) is 28.9 Å². The molecule has 3 nitrogen and oxygen atoms in total. The molecule has 19 heavy (non-hydrogen) atoms. The first kappa shape index (κ1) is 16.5. The SMILES string of the molecule is CCC1(C(=O)Nc2cccc(Br)c2C)CCCN1.Cl. The third kappa shape index (κ3) is 3.30. The van der Waals surface area contributed by atoms with Crippen molar-refractivity contribution in [1.29, 1.82) is 0 Å². The summed E-state index contributed by atoms with van der Waals surface area (Å²) in [5.41, 5.74) is 1.57. The van der Waals surface area contributed by atoms with Gasteiger partial charge >= 0.3 is 0 Å². The molecule has 1 atom stereocenters. The van der Waals surface area contributed by atoms with Gasteiger partial charge in [0.2, 0.25) is 5.91 Å². The van der Waals surface area contributed by atoms with Crippen LogP contribution in [0.1, 0.15) is 31.7 Å². The van der Waals surface area contributed by atoms with Gasteiger partial charge in [0.1, 0.15) is 0 Å². The summed E-state index contributed by atoms with van der Waals surface area (Å²) in [6, 6.07) is 5.86. The summed E-state index contributed by atoms with van der Waals surface area (Å²) in [5, 5.41) is 6.40. The Kier molecular flexibility index (Phi) is 5.83. The van der Waals surface area contributed by atoms with Gasteiger partial charge in [0, 0.05) is 10.2 Å². The fourth-order valence-electron chi connectivity index (χ4n) is 2.45. The Morgan fingerprint density at radius 3 is 2.84 bits per heavy atom. The Labute approximate surface area is 129 Å². The fraction of sp³-hybridized carbons (Fsp3) is 0.500. The highest BCUT2D eigenvalue weighted by Gasteiger charge is 2.39. The minimum atomic E-state index is -0.380. The van der Waals surface area contributed by atoms with Crippen LogP contribution in [0, 0.1) is 6.92 Å². The van der Waals surface area contributed by atoms with Gasteiger partial charge < -0.3 is 10.6 Å². The molecule has 1 aliphatic rings. The number of carbonyl (C=O) groups excluding carboxylic acids is 1. The Morgan fingerprint density at radius 2 is 2.26 bits per heavy atom. The molecule has 1 fully saturated rings. The van der Waals surface area contributed by atoms with Crippen LogP contribution in [0.15, 0.2) is 22.7 Å². The van der Waals surface area contributed by atoms with Gasteiger partial charge in [-0.2, -0.15) is 0 Å². The van der Waals surface area contributed by atoms with Crippen molar-refractivity contribution in [3.8, 4) is 0 Å². The van der Waals surface area contributed by atoms with Crippen LogP contribution >= 0.6 is 28.3 Å². The fourth-order valence-corrected chi connectivity index (χ4v) is 2.81. The molecule has 0 aliphatic carbocycles. The smallest absolute Gasteiger partial charge is 0.244 e. The van der Waals surface area contributed by atoms with Gasteiger partial charge in [-0.3, -0.25) is 4.79 Å². The predicted octanol–water partition coefficient (Wildman–Crippen LogP) is 3.65. The summed E-state index contributed by atoms with van der Waals surface area (Å²) in [6.07, 6.45) is 2.81. The lowest BCUT2D eigenvalue weighted by atomic mass is 9.93. The standard InChI is InChI=1S/C14H19BrN2O.ClH/c1-3-14(8-5-9-16-14)13(18)17-12-7-4-6-11(15)10(12)2;/h4,6-7,16H,3,5,8-9H2,1-2H3,(H,17,18);1H. The molecule has 1 amide bonds. The molecule has 1 aromatic carbocycles. The lowest BCUT2D eigenvalue weighted by molar-refractivity contribution is -0.122. The molecular weight excluding hydrogens is 328 g/mol. The largest absolute Gasteiger partial charge is 0.324 e. The Bertz CT molecular complexity index is 459. The van der Waals surface area contributed by atoms with E-state index in [1.807, 2.05) is 25.1 Å². The lowest BCUT2D eigenvalue weighted by Gasteiger charge is -2.27. The van der Waals surface area contributed by atoms with Crippen LogP contribution in [-0.2, 0) is 4.79 Å². The van der Waals surface area contributed by atoms with Crippen molar-refractivity contribution < 1.29 is 4.79 Å². The minimum Gasteiger partial charge on any atom is -0.324 e. The number of hydrogen-bond acceptors (Lipinski definition) is 2. The summed E-state index contributed by atoms with van der Waals surface area (Å²) in [6.45, 7) is 4.99. The number of amides is 1. The van der Waals surface area contributed by atoms with Crippen molar-refractivity contribution in [2.24, 2.45) is 0 Å². The van der Waals surface area contributed by atoms with E-state index in [0.29, 0.717) is 0 Å². The average Bonchev–Trinajstić information content (AvgIpc) is 2.85. The number of benzene rings is 1. The van der Waals surface area contributed by atoms with Gasteiger partial charge in [0.15, 0.2) is 0 Å². The molecule has 2 rings (SSSR count). The van der Waals surface area contributed by atoms with E-state index < -0.39 is 0 Å². The first-order chi connectivity index (χ1) is 8.59. The summed E-state index contributed by atoms with van der Waals surface area (Å²) in [4.78, 5) is 12.4. The van der Waals surface area contributed by atoms with Crippen molar-refractivity contribution in [2.75, 3.05) is 11.9 Å². The number of carbonyl (C=O) groups is 1. The maximum atomic E-state index is 12.4. The molecule has 5 heteroatoms. The zero-order chi connectivity index (χ0) is 13.2. The van der Waals surface area contributed by atoms with Crippen LogP contribution in [0.4, 0.5) is 5.69 Å². The first-order valence-corrected chi connectivity index (χ1v) is 7.20. The second kappa shape index (κ2) is 6.73. The molecule has 106 valence electrons. The van der Waals surface area contributed by atoms with Gasteiger partial charge in [-0.15, -0.1) is 12.4 Å². The minimum absolute atomic E-state index is 0. The number of hydrogen-bond donors (Lipinski definition) is 2. The van der Waals surface area contributed by atoms with Crippen molar-refractivity contribution >= 4 is 39.9 Å². The molecule has 1 saturated heterocycles. The molecule has 0 radical (unpaired) electrons. The predicted molar refractivity (Wildman–Crippen MR) is 85.0 cm³/mol. The van der Waals surface area contributed by atoms with Crippen LogP contribution in [0.2, 0.25) is 0 Å². The molecule has 1 heterocycles. The first-order valence-electron chi connectivity index (χ1n) is 6.40. The number of halogens is 2. The average molecular weight is 348 g/mol. The summed E-state index contributed by atoms with van der Waals surface area (Å²) in [5.74, 6) is 0.0868. The van der Waals surface area contributed by atoms with E-state index in [1.165, 1.54) is 0 Å². The van der Waals surface area contributed by atoms with Crippen LogP contribution in [0.25, 0.3) is 0 Å². The molecule has 0 saturated carbocycles. The monoisotopic (exact) mass is 346 g/mol. The summed E-state index contributed by atoms with van der Waals surface area (Å²) in [7, 11) is 0. The second-order valence-electron chi connectivity index (χ2n) is 4.83. The van der Waals surface area contributed by atoms with Crippen LogP contribution in [0.5, 0.6) is 0 Å². The third-order valence-corrected chi connectivity index (χ3v) is 4.66. The Hall–Kier alpha value is -0.580. The lowest BCUT2D eigenvalue weighted by Crippen LogP contribution is -2.50. The second-order valence-corrected chi connectivity index (χ2v) is 5.69. The summed E-state index contributed by atoms with van der Waals surface area (Å²) >= 11 is 3.48. The van der Waals surface area contributed by atoms with E-state index in [2.05, 4.69) is 33.5 Å². The van der Waals surface area contributed by atoms with Crippen LogP contribution in [-0.4, -0.2) is 18.0 Å². The number of nitrogens with one attached hydrogen (secondary N) is 2. The normalized spacial score (nSPS) is 21.8. The van der Waals surface area contributed by atoms with Crippen molar-refractivity contribution in [3.05, 3.63) is 28.2 Å². The highest BCUT2D eigenvalue weighted by molar-refractivity contribution is 9.10. The maximum absolute atomic E-state index is 12.4. The number of rotatable bonds is 3. The van der Waals surface area contributed by atoms with E-state index in [-0.39, 0.29) is 23.9 Å². The van der Waals surface area contributed by atoms with Gasteiger partial charge in [0.05, 0.1) is 5.54 Å². The molecular formula is C14H20BrClN2O. The Balaban J connectivity index is 0.00000180. The quantitative estimate of drug-likeness (QED) is 0.876. The van der Waals surface area contributed by atoms with E-state index in [4.69, 9.17) is 0 Å². The number of anilines is 1. The summed E-state index contributed by atoms with van der Waals surface area (Å²) < 4.78 is 1.02. The van der Waals surface area contributed by atoms with Crippen molar-refractivity contribution in [2.45, 2.75) is 38.6 Å². The molecule has 0 aromatic heterocycles. The molecule has 1 aromatic rings. The van der Waals surface area contributed by atoms with E-state index in [0.717, 1.165) is 41.5 Å². The maximum Gasteiger partial charge on any atom is 0.244 e. The van der Waals surface area contributed by atoms with Gasteiger partial charge in [0.25, 0.3) is 0 Å². The van der Waals surface area contributed by atoms with Crippen molar-refractivity contribution in [3.63, 3.8) is 0 Å². The highest BCUT2D eigenvalue weighted by Crippen LogP contribution is 2.28. The molecule has 0 bridgehead atoms. The molecule has 2 N–H and O–H groups in total. The molecule has 1 aliphatic heterocycles. The van der Waals surface area contributed by atoms with Gasteiger partial charge in [-0.05, 0) is 50.4 Å². The van der Waals surface area contributed by atoms with E-state index in [1.54, 1.807) is 0 Å². The van der Waals surface area contributed by atoms with Crippen LogP contribution < -0.4 is 10.6 Å². The highest BCUT2D eigenvalue weighted by atomic mass is 79.9. The van der Waals surface area contributed by atoms with E-state index in [9.17, 15) is 4.79 Å². The third-order valence-electron chi connectivity index (χ3n) is 3.80. The van der Waals surface area contributed by atoms with Crippen molar-refractivity contribution in [1.82, 2.24) is 5.32 Å². The topological polar surface area (TPSA) is 41.1 Å². The Morgan fingerprint density at radius 1 is 1.53 bits per heavy atom.